The zero-order valence-electron chi connectivity index (χ0n) is 11.3. The molecule has 1 heterocycles. The molecule has 0 aliphatic carbocycles. The summed E-state index contributed by atoms with van der Waals surface area (Å²) in [5.74, 6) is 1.03. The molecular formula is C13H23N3S. The molecule has 96 valence electrons. The van der Waals surface area contributed by atoms with Gasteiger partial charge in [0.2, 0.25) is 0 Å². The lowest BCUT2D eigenvalue weighted by atomic mass is 10.2. The molecular weight excluding hydrogens is 230 g/mol. The van der Waals surface area contributed by atoms with Crippen molar-refractivity contribution in [3.05, 3.63) is 17.5 Å². The summed E-state index contributed by atoms with van der Waals surface area (Å²) >= 11 is 1.73. The molecule has 1 N–H and O–H groups in total. The van der Waals surface area contributed by atoms with E-state index in [0.717, 1.165) is 28.8 Å². The van der Waals surface area contributed by atoms with E-state index in [2.05, 4.69) is 29.1 Å². The summed E-state index contributed by atoms with van der Waals surface area (Å²) in [5.41, 5.74) is 2.10. The number of aromatic nitrogens is 2. The Morgan fingerprint density at radius 3 is 2.29 bits per heavy atom. The highest BCUT2D eigenvalue weighted by atomic mass is 32.2. The molecule has 0 saturated heterocycles. The number of aryl methyl sites for hydroxylation is 2. The Morgan fingerprint density at radius 1 is 1.18 bits per heavy atom. The Balaban J connectivity index is 2.31. The van der Waals surface area contributed by atoms with E-state index in [1.807, 2.05) is 19.9 Å². The first-order chi connectivity index (χ1) is 8.15. The zero-order chi connectivity index (χ0) is 12.7. The number of hydrogen-bond acceptors (Lipinski definition) is 4. The minimum Gasteiger partial charge on any atom is -0.313 e. The number of rotatable bonds is 7. The second-order valence-corrected chi connectivity index (χ2v) is 5.31. The van der Waals surface area contributed by atoms with E-state index in [1.54, 1.807) is 11.8 Å². The third-order valence-electron chi connectivity index (χ3n) is 2.71. The first-order valence-electron chi connectivity index (χ1n) is 6.34. The molecule has 0 aromatic carbocycles. The predicted octanol–water partition coefficient (Wildman–Crippen LogP) is 2.96. The quantitative estimate of drug-likeness (QED) is 0.460. The highest BCUT2D eigenvalue weighted by Gasteiger charge is 2.03. The molecule has 0 saturated carbocycles. The molecule has 17 heavy (non-hydrogen) atoms. The molecule has 0 amide bonds. The molecule has 0 aliphatic rings. The molecule has 0 aliphatic heterocycles. The summed E-state index contributed by atoms with van der Waals surface area (Å²) in [7, 11) is 0. The third kappa shape index (κ3) is 5.50. The van der Waals surface area contributed by atoms with Gasteiger partial charge in [0, 0.05) is 29.7 Å². The Kier molecular flexibility index (Phi) is 6.52. The molecule has 0 radical (unpaired) electrons. The number of nitrogens with one attached hydrogen (secondary N) is 1. The van der Waals surface area contributed by atoms with Crippen molar-refractivity contribution in [3.63, 3.8) is 0 Å². The molecule has 0 bridgehead atoms. The van der Waals surface area contributed by atoms with Gasteiger partial charge in [-0.3, -0.25) is 0 Å². The van der Waals surface area contributed by atoms with Crippen molar-refractivity contribution in [2.75, 3.05) is 12.3 Å². The predicted molar refractivity (Wildman–Crippen MR) is 74.6 cm³/mol. The van der Waals surface area contributed by atoms with Gasteiger partial charge in [0.1, 0.15) is 0 Å². The Hall–Kier alpha value is -0.610. The Morgan fingerprint density at radius 2 is 1.76 bits per heavy atom. The lowest BCUT2D eigenvalue weighted by molar-refractivity contribution is 0.501. The average Bonchev–Trinajstić information content (AvgIpc) is 2.28. The van der Waals surface area contributed by atoms with Crippen LogP contribution in [0.15, 0.2) is 11.2 Å². The van der Waals surface area contributed by atoms with Crippen molar-refractivity contribution in [2.45, 2.75) is 51.7 Å². The van der Waals surface area contributed by atoms with Gasteiger partial charge in [0.05, 0.1) is 0 Å². The van der Waals surface area contributed by atoms with E-state index in [4.69, 9.17) is 0 Å². The van der Waals surface area contributed by atoms with Crippen molar-refractivity contribution >= 4 is 11.8 Å². The van der Waals surface area contributed by atoms with E-state index in [-0.39, 0.29) is 0 Å². The second-order valence-electron chi connectivity index (χ2n) is 4.25. The lowest BCUT2D eigenvalue weighted by Gasteiger charge is -2.13. The van der Waals surface area contributed by atoms with Crippen LogP contribution in [-0.2, 0) is 0 Å². The van der Waals surface area contributed by atoms with E-state index in [1.165, 1.54) is 12.8 Å². The maximum absolute atomic E-state index is 4.42. The van der Waals surface area contributed by atoms with Gasteiger partial charge in [0.15, 0.2) is 5.16 Å². The van der Waals surface area contributed by atoms with Crippen LogP contribution >= 0.6 is 11.8 Å². The maximum Gasteiger partial charge on any atom is 0.188 e. The number of nitrogens with zero attached hydrogens (tertiary/aromatic N) is 2. The summed E-state index contributed by atoms with van der Waals surface area (Å²) in [6, 6.07) is 2.66. The van der Waals surface area contributed by atoms with E-state index >= 15 is 0 Å². The van der Waals surface area contributed by atoms with Crippen LogP contribution in [0.4, 0.5) is 0 Å². The average molecular weight is 253 g/mol. The molecule has 0 spiro atoms. The number of hydrogen-bond donors (Lipinski definition) is 1. The zero-order valence-corrected chi connectivity index (χ0v) is 12.1. The summed E-state index contributed by atoms with van der Waals surface area (Å²) in [6.45, 7) is 9.50. The highest BCUT2D eigenvalue weighted by Crippen LogP contribution is 2.13. The molecule has 4 heteroatoms. The molecule has 1 rings (SSSR count). The van der Waals surface area contributed by atoms with Crippen molar-refractivity contribution in [3.8, 4) is 0 Å². The fraction of sp³-hybridized carbons (Fsp3) is 0.692. The normalized spacial score (nSPS) is 11.1. The van der Waals surface area contributed by atoms with Crippen molar-refractivity contribution in [2.24, 2.45) is 0 Å². The van der Waals surface area contributed by atoms with Gasteiger partial charge in [0.25, 0.3) is 0 Å². The second kappa shape index (κ2) is 7.67. The standard InChI is InChI=1S/C13H23N3S/c1-5-12(6-2)14-7-8-17-13-15-10(3)9-11(4)16-13/h9,12,14H,5-8H2,1-4H3. The first-order valence-corrected chi connectivity index (χ1v) is 7.32. The largest absolute Gasteiger partial charge is 0.313 e. The monoisotopic (exact) mass is 253 g/mol. The van der Waals surface area contributed by atoms with Crippen LogP contribution in [0, 0.1) is 13.8 Å². The van der Waals surface area contributed by atoms with Crippen LogP contribution in [-0.4, -0.2) is 28.3 Å². The maximum atomic E-state index is 4.42. The van der Waals surface area contributed by atoms with E-state index in [0.29, 0.717) is 6.04 Å². The summed E-state index contributed by atoms with van der Waals surface area (Å²) in [4.78, 5) is 8.83. The molecule has 1 aromatic rings. The van der Waals surface area contributed by atoms with Crippen molar-refractivity contribution < 1.29 is 0 Å². The first kappa shape index (κ1) is 14.5. The Labute approximate surface area is 109 Å². The molecule has 0 fully saturated rings. The molecule has 3 nitrogen and oxygen atoms in total. The number of thioether (sulfide) groups is 1. The van der Waals surface area contributed by atoms with Crippen LogP contribution in [0.25, 0.3) is 0 Å². The smallest absolute Gasteiger partial charge is 0.188 e. The van der Waals surface area contributed by atoms with Crippen LogP contribution in [0.3, 0.4) is 0 Å². The van der Waals surface area contributed by atoms with Crippen LogP contribution in [0.1, 0.15) is 38.1 Å². The van der Waals surface area contributed by atoms with E-state index in [9.17, 15) is 0 Å². The molecule has 1 aromatic heterocycles. The van der Waals surface area contributed by atoms with Gasteiger partial charge in [-0.15, -0.1) is 0 Å². The minimum absolute atomic E-state index is 0.649. The van der Waals surface area contributed by atoms with Gasteiger partial charge >= 0.3 is 0 Å². The van der Waals surface area contributed by atoms with Gasteiger partial charge in [-0.1, -0.05) is 25.6 Å². The van der Waals surface area contributed by atoms with E-state index < -0.39 is 0 Å². The Bertz CT molecular complexity index is 317. The topological polar surface area (TPSA) is 37.8 Å². The van der Waals surface area contributed by atoms with Gasteiger partial charge < -0.3 is 5.32 Å². The van der Waals surface area contributed by atoms with Gasteiger partial charge in [-0.2, -0.15) is 0 Å². The van der Waals surface area contributed by atoms with Gasteiger partial charge in [-0.05, 0) is 32.8 Å². The third-order valence-corrected chi connectivity index (χ3v) is 3.56. The summed E-state index contributed by atoms with van der Waals surface area (Å²) < 4.78 is 0. The molecule has 0 unspecified atom stereocenters. The fourth-order valence-corrected chi connectivity index (χ4v) is 2.56. The highest BCUT2D eigenvalue weighted by molar-refractivity contribution is 7.99. The van der Waals surface area contributed by atoms with Crippen molar-refractivity contribution in [1.29, 1.82) is 0 Å². The van der Waals surface area contributed by atoms with Gasteiger partial charge in [-0.25, -0.2) is 9.97 Å². The SMILES string of the molecule is CCC(CC)NCCSc1nc(C)cc(C)n1. The summed E-state index contributed by atoms with van der Waals surface area (Å²) in [5, 5.41) is 4.44. The lowest BCUT2D eigenvalue weighted by Crippen LogP contribution is -2.29. The summed E-state index contributed by atoms with van der Waals surface area (Å²) in [6.07, 6.45) is 2.39. The van der Waals surface area contributed by atoms with Crippen LogP contribution in [0.2, 0.25) is 0 Å². The van der Waals surface area contributed by atoms with Crippen molar-refractivity contribution in [1.82, 2.24) is 15.3 Å². The van der Waals surface area contributed by atoms with Crippen LogP contribution in [0.5, 0.6) is 0 Å². The minimum atomic E-state index is 0.649. The molecule has 0 atom stereocenters. The van der Waals surface area contributed by atoms with Crippen LogP contribution < -0.4 is 5.32 Å². The fourth-order valence-electron chi connectivity index (χ4n) is 1.74.